The van der Waals surface area contributed by atoms with Crippen molar-refractivity contribution in [3.63, 3.8) is 0 Å². The van der Waals surface area contributed by atoms with Gasteiger partial charge in [0.1, 0.15) is 6.17 Å². The number of nitrogens with zero attached hydrogens (tertiary/aromatic N) is 1. The van der Waals surface area contributed by atoms with Gasteiger partial charge in [-0.3, -0.25) is 4.79 Å². The van der Waals surface area contributed by atoms with E-state index in [1.54, 1.807) is 16.7 Å². The van der Waals surface area contributed by atoms with Crippen LogP contribution in [0, 0.1) is 0 Å². The SMILES string of the molecule is CC[C@@H]1CC(F)CN1C(=O)C1(C)CCS1. The van der Waals surface area contributed by atoms with E-state index >= 15 is 0 Å². The fraction of sp³-hybridized carbons (Fsp3) is 0.909. The van der Waals surface area contributed by atoms with Gasteiger partial charge in [0.15, 0.2) is 0 Å². The normalized spacial score (nSPS) is 40.3. The predicted molar refractivity (Wildman–Crippen MR) is 60.8 cm³/mol. The van der Waals surface area contributed by atoms with Gasteiger partial charge in [-0.25, -0.2) is 4.39 Å². The van der Waals surface area contributed by atoms with E-state index in [9.17, 15) is 9.18 Å². The highest BCUT2D eigenvalue weighted by Gasteiger charge is 2.46. The van der Waals surface area contributed by atoms with Crippen LogP contribution >= 0.6 is 11.8 Å². The van der Waals surface area contributed by atoms with E-state index in [0.717, 1.165) is 18.6 Å². The Balaban J connectivity index is 2.06. The summed E-state index contributed by atoms with van der Waals surface area (Å²) < 4.78 is 13.0. The smallest absolute Gasteiger partial charge is 0.238 e. The molecule has 2 saturated heterocycles. The molecule has 0 N–H and O–H groups in total. The molecule has 15 heavy (non-hydrogen) atoms. The van der Waals surface area contributed by atoms with Gasteiger partial charge in [0.2, 0.25) is 5.91 Å². The lowest BCUT2D eigenvalue weighted by Gasteiger charge is -2.40. The molecule has 0 aliphatic carbocycles. The molecule has 0 bridgehead atoms. The lowest BCUT2D eigenvalue weighted by molar-refractivity contribution is -0.134. The number of carbonyl (C=O) groups is 1. The summed E-state index contributed by atoms with van der Waals surface area (Å²) in [6.45, 7) is 4.33. The Morgan fingerprint density at radius 2 is 2.33 bits per heavy atom. The zero-order valence-electron chi connectivity index (χ0n) is 9.33. The number of halogens is 1. The van der Waals surface area contributed by atoms with Crippen molar-refractivity contribution in [2.75, 3.05) is 12.3 Å². The number of hydrogen-bond donors (Lipinski definition) is 0. The van der Waals surface area contributed by atoms with Gasteiger partial charge in [0.25, 0.3) is 0 Å². The maximum atomic E-state index is 13.3. The fourth-order valence-electron chi connectivity index (χ4n) is 2.38. The van der Waals surface area contributed by atoms with Crippen LogP contribution < -0.4 is 0 Å². The van der Waals surface area contributed by atoms with Crippen molar-refractivity contribution in [2.45, 2.75) is 50.1 Å². The molecule has 1 amide bonds. The van der Waals surface area contributed by atoms with Crippen LogP contribution in [-0.4, -0.2) is 40.1 Å². The Kier molecular flexibility index (Phi) is 2.97. The molecule has 2 aliphatic rings. The highest BCUT2D eigenvalue weighted by molar-refractivity contribution is 8.02. The van der Waals surface area contributed by atoms with Crippen LogP contribution in [0.2, 0.25) is 0 Å². The highest BCUT2D eigenvalue weighted by Crippen LogP contribution is 2.43. The molecule has 0 aromatic heterocycles. The minimum atomic E-state index is -0.812. The van der Waals surface area contributed by atoms with Crippen LogP contribution in [0.15, 0.2) is 0 Å². The molecule has 2 unspecified atom stereocenters. The van der Waals surface area contributed by atoms with Crippen molar-refractivity contribution in [3.05, 3.63) is 0 Å². The van der Waals surface area contributed by atoms with E-state index in [1.165, 1.54) is 0 Å². The fourth-order valence-corrected chi connectivity index (χ4v) is 3.43. The second-order valence-electron chi connectivity index (χ2n) is 4.68. The van der Waals surface area contributed by atoms with Crippen LogP contribution in [0.25, 0.3) is 0 Å². The monoisotopic (exact) mass is 231 g/mol. The first-order valence-electron chi connectivity index (χ1n) is 5.66. The van der Waals surface area contributed by atoms with Gasteiger partial charge in [0, 0.05) is 12.5 Å². The van der Waals surface area contributed by atoms with Crippen LogP contribution in [0.5, 0.6) is 0 Å². The summed E-state index contributed by atoms with van der Waals surface area (Å²) in [5.41, 5.74) is 0. The van der Waals surface area contributed by atoms with E-state index in [0.29, 0.717) is 13.0 Å². The van der Waals surface area contributed by atoms with Crippen LogP contribution in [-0.2, 0) is 4.79 Å². The molecular weight excluding hydrogens is 213 g/mol. The molecule has 0 aromatic carbocycles. The Labute approximate surface area is 94.6 Å². The Bertz CT molecular complexity index is 267. The van der Waals surface area contributed by atoms with Crippen molar-refractivity contribution in [2.24, 2.45) is 0 Å². The lowest BCUT2D eigenvalue weighted by Crippen LogP contribution is -2.51. The number of amides is 1. The van der Waals surface area contributed by atoms with Crippen LogP contribution in [0.1, 0.15) is 33.1 Å². The number of thioether (sulfide) groups is 1. The van der Waals surface area contributed by atoms with Crippen molar-refractivity contribution in [1.29, 1.82) is 0 Å². The minimum Gasteiger partial charge on any atom is -0.336 e. The molecule has 86 valence electrons. The number of carbonyl (C=O) groups excluding carboxylic acids is 1. The van der Waals surface area contributed by atoms with Gasteiger partial charge >= 0.3 is 0 Å². The number of hydrogen-bond acceptors (Lipinski definition) is 2. The molecule has 3 atom stereocenters. The van der Waals surface area contributed by atoms with Crippen molar-refractivity contribution in [3.8, 4) is 0 Å². The molecule has 0 saturated carbocycles. The molecule has 2 heterocycles. The molecule has 2 fully saturated rings. The van der Waals surface area contributed by atoms with Crippen LogP contribution in [0.4, 0.5) is 4.39 Å². The molecule has 0 spiro atoms. The second-order valence-corrected chi connectivity index (χ2v) is 6.28. The first-order chi connectivity index (χ1) is 7.07. The molecule has 4 heteroatoms. The molecule has 2 nitrogen and oxygen atoms in total. The lowest BCUT2D eigenvalue weighted by atomic mass is 10.0. The third-order valence-electron chi connectivity index (χ3n) is 3.55. The van der Waals surface area contributed by atoms with Gasteiger partial charge < -0.3 is 4.90 Å². The summed E-state index contributed by atoms with van der Waals surface area (Å²) in [7, 11) is 0. The number of rotatable bonds is 2. The summed E-state index contributed by atoms with van der Waals surface area (Å²) >= 11 is 1.70. The van der Waals surface area contributed by atoms with Gasteiger partial charge in [0.05, 0.1) is 11.3 Å². The van der Waals surface area contributed by atoms with Gasteiger partial charge in [-0.05, 0) is 25.5 Å². The Morgan fingerprint density at radius 1 is 1.67 bits per heavy atom. The van der Waals surface area contributed by atoms with E-state index in [-0.39, 0.29) is 16.7 Å². The van der Waals surface area contributed by atoms with Gasteiger partial charge in [-0.15, -0.1) is 11.8 Å². The maximum Gasteiger partial charge on any atom is 0.238 e. The largest absolute Gasteiger partial charge is 0.336 e. The first-order valence-corrected chi connectivity index (χ1v) is 6.64. The van der Waals surface area contributed by atoms with Gasteiger partial charge in [-0.1, -0.05) is 6.92 Å². The third-order valence-corrected chi connectivity index (χ3v) is 4.97. The Morgan fingerprint density at radius 3 is 2.80 bits per heavy atom. The van der Waals surface area contributed by atoms with Crippen LogP contribution in [0.3, 0.4) is 0 Å². The average Bonchev–Trinajstić information content (AvgIpc) is 2.54. The van der Waals surface area contributed by atoms with E-state index in [4.69, 9.17) is 0 Å². The maximum absolute atomic E-state index is 13.3. The average molecular weight is 231 g/mol. The zero-order chi connectivity index (χ0) is 11.1. The van der Waals surface area contributed by atoms with E-state index < -0.39 is 6.17 Å². The molecule has 2 aliphatic heterocycles. The standard InChI is InChI=1S/C11H18FNOS/c1-3-9-6-8(12)7-13(9)10(14)11(2)4-5-15-11/h8-9H,3-7H2,1-2H3/t8?,9-,11?/m1/s1. The van der Waals surface area contributed by atoms with E-state index in [2.05, 4.69) is 0 Å². The minimum absolute atomic E-state index is 0.130. The number of alkyl halides is 1. The van der Waals surface area contributed by atoms with Crippen molar-refractivity contribution >= 4 is 17.7 Å². The van der Waals surface area contributed by atoms with E-state index in [1.807, 2.05) is 13.8 Å². The molecule has 0 radical (unpaired) electrons. The third kappa shape index (κ3) is 1.88. The summed E-state index contributed by atoms with van der Waals surface area (Å²) in [4.78, 5) is 14.0. The van der Waals surface area contributed by atoms with Crippen molar-refractivity contribution < 1.29 is 9.18 Å². The first kappa shape index (κ1) is 11.2. The second kappa shape index (κ2) is 3.96. The highest BCUT2D eigenvalue weighted by atomic mass is 32.2. The quantitative estimate of drug-likeness (QED) is 0.726. The Hall–Kier alpha value is -0.250. The summed E-state index contributed by atoms with van der Waals surface area (Å²) in [5.74, 6) is 1.22. The van der Waals surface area contributed by atoms with Crippen molar-refractivity contribution in [1.82, 2.24) is 4.90 Å². The molecule has 0 aromatic rings. The zero-order valence-corrected chi connectivity index (χ0v) is 10.1. The molecule has 2 rings (SSSR count). The topological polar surface area (TPSA) is 20.3 Å². The predicted octanol–water partition coefficient (Wildman–Crippen LogP) is 2.23. The summed E-state index contributed by atoms with van der Waals surface area (Å²) in [5, 5.41) is 0. The summed E-state index contributed by atoms with van der Waals surface area (Å²) in [6, 6.07) is 0.130. The number of likely N-dealkylation sites (tertiary alicyclic amines) is 1. The van der Waals surface area contributed by atoms with Gasteiger partial charge in [-0.2, -0.15) is 0 Å². The molecular formula is C11H18FNOS. The summed E-state index contributed by atoms with van der Waals surface area (Å²) in [6.07, 6.45) is 1.53.